The van der Waals surface area contributed by atoms with Crippen molar-refractivity contribution in [2.75, 3.05) is 20.2 Å². The second kappa shape index (κ2) is 7.50. The van der Waals surface area contributed by atoms with E-state index in [2.05, 4.69) is 10.6 Å². The van der Waals surface area contributed by atoms with Gasteiger partial charge in [0.05, 0.1) is 10.5 Å². The van der Waals surface area contributed by atoms with Gasteiger partial charge in [-0.1, -0.05) is 12.1 Å². The molecule has 24 heavy (non-hydrogen) atoms. The number of nitrogens with one attached hydrogen (secondary N) is 2. The van der Waals surface area contributed by atoms with Crippen LogP contribution in [0.25, 0.3) is 0 Å². The van der Waals surface area contributed by atoms with Crippen molar-refractivity contribution in [3.05, 3.63) is 29.8 Å². The first-order valence-electron chi connectivity index (χ1n) is 7.93. The quantitative estimate of drug-likeness (QED) is 0.646. The molecule has 1 aliphatic rings. The number of hydrogen-bond donors (Lipinski definition) is 3. The molecule has 0 saturated heterocycles. The molecule has 0 radical (unpaired) electrons. The molecule has 1 aromatic carbocycles. The Balaban J connectivity index is 1.72. The van der Waals surface area contributed by atoms with E-state index in [9.17, 15) is 13.2 Å². The van der Waals surface area contributed by atoms with Crippen LogP contribution in [0.15, 0.2) is 29.2 Å². The summed E-state index contributed by atoms with van der Waals surface area (Å²) in [6.07, 6.45) is 2.88. The van der Waals surface area contributed by atoms with Crippen molar-refractivity contribution < 1.29 is 17.9 Å². The minimum atomic E-state index is -3.67. The summed E-state index contributed by atoms with van der Waals surface area (Å²) in [5.74, 6) is 0.514. The van der Waals surface area contributed by atoms with Crippen LogP contribution in [-0.4, -0.2) is 40.2 Å². The zero-order valence-corrected chi connectivity index (χ0v) is 14.9. The maximum Gasteiger partial charge on any atom is 0.314 e. The van der Waals surface area contributed by atoms with Crippen LogP contribution in [0.3, 0.4) is 0 Å². The average Bonchev–Trinajstić information content (AvgIpc) is 3.37. The van der Waals surface area contributed by atoms with Crippen LogP contribution in [0, 0.1) is 5.92 Å². The Morgan fingerprint density at radius 2 is 1.92 bits per heavy atom. The largest absolute Gasteiger partial charge is 0.376 e. The molecule has 2 rings (SSSR count). The van der Waals surface area contributed by atoms with Crippen molar-refractivity contribution in [2.24, 2.45) is 11.1 Å². The Bertz CT molecular complexity index is 671. The van der Waals surface area contributed by atoms with Gasteiger partial charge in [0.15, 0.2) is 0 Å². The Hall–Kier alpha value is -1.64. The summed E-state index contributed by atoms with van der Waals surface area (Å²) in [5.41, 5.74) is 0.614. The van der Waals surface area contributed by atoms with Gasteiger partial charge in [-0.05, 0) is 49.8 Å². The van der Waals surface area contributed by atoms with E-state index in [1.165, 1.54) is 12.1 Å². The van der Waals surface area contributed by atoms with Gasteiger partial charge in [0.2, 0.25) is 10.0 Å². The number of rotatable bonds is 8. The molecule has 1 aliphatic carbocycles. The highest BCUT2D eigenvalue weighted by atomic mass is 32.2. The number of hydrogen-bond acceptors (Lipinski definition) is 4. The number of urea groups is 1. The highest BCUT2D eigenvalue weighted by molar-refractivity contribution is 7.89. The highest BCUT2D eigenvalue weighted by Gasteiger charge is 2.41. The van der Waals surface area contributed by atoms with Crippen molar-refractivity contribution in [3.8, 4) is 0 Å². The zero-order chi connectivity index (χ0) is 17.8. The minimum Gasteiger partial charge on any atom is -0.376 e. The van der Waals surface area contributed by atoms with Gasteiger partial charge in [-0.15, -0.1) is 0 Å². The number of sulfonamides is 1. The SMILES string of the molecule is COC(C)(CNC(=O)NCCc1ccc(S(N)(=O)=O)cc1)C1CC1. The van der Waals surface area contributed by atoms with Crippen molar-refractivity contribution in [1.82, 2.24) is 10.6 Å². The summed E-state index contributed by atoms with van der Waals surface area (Å²) in [5, 5.41) is 10.7. The standard InChI is InChI=1S/C16H25N3O4S/c1-16(23-2,13-5-6-13)11-19-15(20)18-10-9-12-3-7-14(8-4-12)24(17,21)22/h3-4,7-8,13H,5-6,9-11H2,1-2H3,(H2,17,21,22)(H2,18,19,20). The van der Waals surface area contributed by atoms with Crippen LogP contribution in [0.4, 0.5) is 4.79 Å². The fraction of sp³-hybridized carbons (Fsp3) is 0.562. The molecule has 0 heterocycles. The molecule has 134 valence electrons. The highest BCUT2D eigenvalue weighted by Crippen LogP contribution is 2.41. The topological polar surface area (TPSA) is 111 Å². The van der Waals surface area contributed by atoms with E-state index in [1.807, 2.05) is 6.92 Å². The smallest absolute Gasteiger partial charge is 0.314 e. The third-order valence-electron chi connectivity index (χ3n) is 4.46. The van der Waals surface area contributed by atoms with Crippen molar-refractivity contribution in [2.45, 2.75) is 36.7 Å². The van der Waals surface area contributed by atoms with E-state index in [4.69, 9.17) is 9.88 Å². The number of carbonyl (C=O) groups is 1. The normalized spacial score (nSPS) is 17.1. The molecule has 2 amide bonds. The van der Waals surface area contributed by atoms with Crippen molar-refractivity contribution in [3.63, 3.8) is 0 Å². The first-order chi connectivity index (χ1) is 11.2. The second-order valence-corrected chi connectivity index (χ2v) is 7.90. The van der Waals surface area contributed by atoms with Crippen LogP contribution in [-0.2, 0) is 21.2 Å². The van der Waals surface area contributed by atoms with Crippen molar-refractivity contribution >= 4 is 16.1 Å². The number of carbonyl (C=O) groups excluding carboxylic acids is 1. The number of primary sulfonamides is 1. The van der Waals surface area contributed by atoms with E-state index in [0.717, 1.165) is 18.4 Å². The summed E-state index contributed by atoms with van der Waals surface area (Å²) in [6, 6.07) is 6.07. The van der Waals surface area contributed by atoms with Crippen LogP contribution < -0.4 is 15.8 Å². The second-order valence-electron chi connectivity index (χ2n) is 6.34. The number of benzene rings is 1. The molecule has 0 spiro atoms. The van der Waals surface area contributed by atoms with Gasteiger partial charge in [-0.2, -0.15) is 0 Å². The minimum absolute atomic E-state index is 0.0795. The lowest BCUT2D eigenvalue weighted by molar-refractivity contribution is -0.00991. The zero-order valence-electron chi connectivity index (χ0n) is 14.0. The molecule has 0 bridgehead atoms. The molecule has 0 aliphatic heterocycles. The van der Waals surface area contributed by atoms with Gasteiger partial charge < -0.3 is 15.4 Å². The van der Waals surface area contributed by atoms with Crippen LogP contribution in [0.1, 0.15) is 25.3 Å². The Morgan fingerprint density at radius 1 is 1.29 bits per heavy atom. The number of nitrogens with two attached hydrogens (primary N) is 1. The van der Waals surface area contributed by atoms with E-state index in [-0.39, 0.29) is 16.5 Å². The van der Waals surface area contributed by atoms with Crippen LogP contribution in [0.2, 0.25) is 0 Å². The summed E-state index contributed by atoms with van der Waals surface area (Å²) < 4.78 is 27.9. The lowest BCUT2D eigenvalue weighted by Crippen LogP contribution is -2.47. The third kappa shape index (κ3) is 5.19. The Labute approximate surface area is 143 Å². The van der Waals surface area contributed by atoms with E-state index in [0.29, 0.717) is 25.4 Å². The summed E-state index contributed by atoms with van der Waals surface area (Å²) >= 11 is 0. The first kappa shape index (κ1) is 18.7. The predicted molar refractivity (Wildman–Crippen MR) is 91.1 cm³/mol. The molecule has 1 fully saturated rings. The molecule has 7 nitrogen and oxygen atoms in total. The molecule has 1 atom stereocenters. The maximum atomic E-state index is 11.9. The monoisotopic (exact) mass is 355 g/mol. The lowest BCUT2D eigenvalue weighted by Gasteiger charge is -2.28. The predicted octanol–water partition coefficient (Wildman–Crippen LogP) is 0.991. The molecule has 4 N–H and O–H groups in total. The lowest BCUT2D eigenvalue weighted by atomic mass is 10.0. The van der Waals surface area contributed by atoms with Crippen molar-refractivity contribution in [1.29, 1.82) is 0 Å². The van der Waals surface area contributed by atoms with Gasteiger partial charge in [-0.3, -0.25) is 0 Å². The van der Waals surface area contributed by atoms with E-state index >= 15 is 0 Å². The van der Waals surface area contributed by atoms with Crippen LogP contribution >= 0.6 is 0 Å². The van der Waals surface area contributed by atoms with Gasteiger partial charge >= 0.3 is 6.03 Å². The number of ether oxygens (including phenoxy) is 1. The average molecular weight is 355 g/mol. The van der Waals surface area contributed by atoms with E-state index < -0.39 is 10.0 Å². The first-order valence-corrected chi connectivity index (χ1v) is 9.48. The Kier molecular flexibility index (Phi) is 5.84. The molecule has 1 saturated carbocycles. The number of methoxy groups -OCH3 is 1. The fourth-order valence-electron chi connectivity index (χ4n) is 2.56. The molecular formula is C16H25N3O4S. The van der Waals surface area contributed by atoms with Gasteiger partial charge in [-0.25, -0.2) is 18.4 Å². The molecule has 1 aromatic rings. The van der Waals surface area contributed by atoms with Crippen LogP contribution in [0.5, 0.6) is 0 Å². The molecule has 0 aromatic heterocycles. The van der Waals surface area contributed by atoms with E-state index in [1.54, 1.807) is 19.2 Å². The summed E-state index contributed by atoms with van der Waals surface area (Å²) in [4.78, 5) is 11.9. The number of amides is 2. The summed E-state index contributed by atoms with van der Waals surface area (Å²) in [7, 11) is -2.00. The molecular weight excluding hydrogens is 330 g/mol. The van der Waals surface area contributed by atoms with Gasteiger partial charge in [0, 0.05) is 20.2 Å². The fourth-order valence-corrected chi connectivity index (χ4v) is 3.08. The van der Waals surface area contributed by atoms with Gasteiger partial charge in [0.25, 0.3) is 0 Å². The Morgan fingerprint density at radius 3 is 2.42 bits per heavy atom. The van der Waals surface area contributed by atoms with Gasteiger partial charge in [0.1, 0.15) is 0 Å². The summed E-state index contributed by atoms with van der Waals surface area (Å²) in [6.45, 7) is 2.94. The molecule has 8 heteroatoms. The molecule has 1 unspecified atom stereocenters. The maximum absolute atomic E-state index is 11.9. The third-order valence-corrected chi connectivity index (χ3v) is 5.39.